The van der Waals surface area contributed by atoms with Crippen molar-refractivity contribution >= 4 is 0 Å². The number of hydrogen-bond donors (Lipinski definition) is 1. The Morgan fingerprint density at radius 2 is 1.00 bits per heavy atom. The van der Waals surface area contributed by atoms with Crippen molar-refractivity contribution in [2.75, 3.05) is 6.54 Å². The highest BCUT2D eigenvalue weighted by Crippen LogP contribution is 2.30. The molecule has 0 aliphatic carbocycles. The number of hydrogen-bond acceptors (Lipinski definition) is 5. The molecule has 5 aromatic carbocycles. The van der Waals surface area contributed by atoms with E-state index in [1.165, 1.54) is 5.56 Å². The molecule has 1 unspecified atom stereocenters. The molecular weight excluding hydrogens is 568 g/mol. The van der Waals surface area contributed by atoms with E-state index in [1.807, 2.05) is 91.7 Å². The van der Waals surface area contributed by atoms with Crippen LogP contribution in [0.5, 0.6) is 17.2 Å². The molecule has 5 heteroatoms. The highest BCUT2D eigenvalue weighted by molar-refractivity contribution is 5.43. The molecule has 0 aliphatic rings. The predicted molar refractivity (Wildman–Crippen MR) is 189 cm³/mol. The molecule has 0 amide bonds. The average molecular weight is 617 g/mol. The molecule has 46 heavy (non-hydrogen) atoms. The lowest BCUT2D eigenvalue weighted by molar-refractivity contribution is 0.206. The first-order valence-electron chi connectivity index (χ1n) is 16.4. The SMILES string of the molecule is CC.CC(CCc1ccc(OCc2ccccc2)cc1)N(N)CCc1ccc(OCc2ccccc2)c(OCc2ccccc2)c1. The lowest BCUT2D eigenvalue weighted by atomic mass is 10.1. The van der Waals surface area contributed by atoms with Gasteiger partial charge >= 0.3 is 0 Å². The van der Waals surface area contributed by atoms with E-state index >= 15 is 0 Å². The van der Waals surface area contributed by atoms with Crippen LogP contribution in [0.15, 0.2) is 133 Å². The Balaban J connectivity index is 0.00000235. The van der Waals surface area contributed by atoms with E-state index in [0.29, 0.717) is 19.8 Å². The van der Waals surface area contributed by atoms with Crippen LogP contribution >= 0.6 is 0 Å². The lowest BCUT2D eigenvalue weighted by Crippen LogP contribution is -2.40. The average Bonchev–Trinajstić information content (AvgIpc) is 3.13. The number of rotatable bonds is 16. The van der Waals surface area contributed by atoms with E-state index in [2.05, 4.69) is 67.6 Å². The molecule has 2 N–H and O–H groups in total. The molecule has 0 radical (unpaired) electrons. The third-order valence-electron chi connectivity index (χ3n) is 7.73. The van der Waals surface area contributed by atoms with Crippen molar-refractivity contribution in [2.24, 2.45) is 5.84 Å². The van der Waals surface area contributed by atoms with E-state index < -0.39 is 0 Å². The maximum Gasteiger partial charge on any atom is 0.161 e. The van der Waals surface area contributed by atoms with Crippen molar-refractivity contribution in [3.05, 3.63) is 161 Å². The van der Waals surface area contributed by atoms with E-state index in [1.54, 1.807) is 0 Å². The molecule has 0 saturated carbocycles. The fourth-order valence-electron chi connectivity index (χ4n) is 4.92. The van der Waals surface area contributed by atoms with Gasteiger partial charge in [0.05, 0.1) is 0 Å². The topological polar surface area (TPSA) is 57.0 Å². The van der Waals surface area contributed by atoms with Crippen molar-refractivity contribution < 1.29 is 14.2 Å². The zero-order chi connectivity index (χ0) is 32.4. The molecular formula is C41H48N2O3. The van der Waals surface area contributed by atoms with Crippen LogP contribution < -0.4 is 20.1 Å². The summed E-state index contributed by atoms with van der Waals surface area (Å²) in [6.07, 6.45) is 2.74. The van der Waals surface area contributed by atoms with Crippen LogP contribution in [0.25, 0.3) is 0 Å². The van der Waals surface area contributed by atoms with E-state index in [4.69, 9.17) is 20.1 Å². The van der Waals surface area contributed by atoms with Crippen LogP contribution in [0.1, 0.15) is 55.0 Å². The minimum absolute atomic E-state index is 0.242. The molecule has 0 aromatic heterocycles. The fourth-order valence-corrected chi connectivity index (χ4v) is 4.92. The zero-order valence-corrected chi connectivity index (χ0v) is 27.5. The van der Waals surface area contributed by atoms with E-state index in [0.717, 1.165) is 65.3 Å². The smallest absolute Gasteiger partial charge is 0.161 e. The number of benzene rings is 5. The summed E-state index contributed by atoms with van der Waals surface area (Å²) in [5.41, 5.74) is 5.84. The number of nitrogens with zero attached hydrogens (tertiary/aromatic N) is 1. The van der Waals surface area contributed by atoms with Gasteiger partial charge in [0.1, 0.15) is 25.6 Å². The van der Waals surface area contributed by atoms with Gasteiger partial charge in [-0.3, -0.25) is 5.84 Å². The van der Waals surface area contributed by atoms with Crippen molar-refractivity contribution in [3.63, 3.8) is 0 Å². The Kier molecular flexibility index (Phi) is 14.2. The van der Waals surface area contributed by atoms with Gasteiger partial charge in [0.25, 0.3) is 0 Å². The predicted octanol–water partition coefficient (Wildman–Crippen LogP) is 9.19. The highest BCUT2D eigenvalue weighted by Gasteiger charge is 2.13. The Hall–Kier alpha value is -4.58. The molecule has 5 nitrogen and oxygen atoms in total. The maximum absolute atomic E-state index is 6.52. The normalized spacial score (nSPS) is 11.3. The molecule has 0 saturated heterocycles. The summed E-state index contributed by atoms with van der Waals surface area (Å²) >= 11 is 0. The van der Waals surface area contributed by atoms with Crippen molar-refractivity contribution in [1.29, 1.82) is 0 Å². The summed E-state index contributed by atoms with van der Waals surface area (Å²) in [6.45, 7) is 8.47. The van der Waals surface area contributed by atoms with Gasteiger partial charge in [0.2, 0.25) is 0 Å². The largest absolute Gasteiger partial charge is 0.489 e. The number of hydrazine groups is 1. The van der Waals surface area contributed by atoms with Gasteiger partial charge < -0.3 is 14.2 Å². The molecule has 5 aromatic rings. The van der Waals surface area contributed by atoms with Crippen molar-refractivity contribution in [3.8, 4) is 17.2 Å². The lowest BCUT2D eigenvalue weighted by Gasteiger charge is -2.24. The summed E-state index contributed by atoms with van der Waals surface area (Å²) in [4.78, 5) is 0. The first kappa shape index (κ1) is 34.3. The molecule has 5 rings (SSSR count). The summed E-state index contributed by atoms with van der Waals surface area (Å²) < 4.78 is 18.4. The van der Waals surface area contributed by atoms with Crippen LogP contribution in [0, 0.1) is 0 Å². The monoisotopic (exact) mass is 616 g/mol. The standard InChI is InChI=1S/C39H42N2O3.C2H6/c1-31(17-18-32-19-22-37(23-20-32)42-28-34-11-5-2-6-12-34)41(40)26-25-33-21-24-38(43-29-35-13-7-3-8-14-35)39(27-33)44-30-36-15-9-4-10-16-36;1-2/h2-16,19-24,27,31H,17-18,25-26,28-30,40H2,1H3;1-2H3. The van der Waals surface area contributed by atoms with Gasteiger partial charge in [-0.25, -0.2) is 5.01 Å². The summed E-state index contributed by atoms with van der Waals surface area (Å²) in [5, 5.41) is 1.95. The summed E-state index contributed by atoms with van der Waals surface area (Å²) in [6, 6.07) is 45.4. The van der Waals surface area contributed by atoms with Crippen LogP contribution in [0.3, 0.4) is 0 Å². The Labute approximate surface area is 275 Å². The van der Waals surface area contributed by atoms with Crippen molar-refractivity contribution in [1.82, 2.24) is 5.01 Å². The zero-order valence-electron chi connectivity index (χ0n) is 27.5. The van der Waals surface area contributed by atoms with Gasteiger partial charge in [-0.1, -0.05) is 123 Å². The third-order valence-corrected chi connectivity index (χ3v) is 7.73. The number of ether oxygens (including phenoxy) is 3. The maximum atomic E-state index is 6.52. The van der Waals surface area contributed by atoms with Crippen LogP contribution in [0.2, 0.25) is 0 Å². The third kappa shape index (κ3) is 11.4. The van der Waals surface area contributed by atoms with Crippen LogP contribution in [0.4, 0.5) is 0 Å². The molecule has 0 heterocycles. The van der Waals surface area contributed by atoms with Gasteiger partial charge in [-0.05, 0) is 78.3 Å². The first-order chi connectivity index (χ1) is 22.6. The molecule has 0 fully saturated rings. The Morgan fingerprint density at radius 1 is 0.522 bits per heavy atom. The molecule has 1 atom stereocenters. The number of nitrogens with two attached hydrogens (primary N) is 1. The molecule has 240 valence electrons. The second kappa shape index (κ2) is 19.1. The van der Waals surface area contributed by atoms with Crippen molar-refractivity contribution in [2.45, 2.75) is 65.9 Å². The fraction of sp³-hybridized carbons (Fsp3) is 0.268. The van der Waals surface area contributed by atoms with Gasteiger partial charge in [-0.2, -0.15) is 0 Å². The number of aryl methyl sites for hydroxylation is 1. The first-order valence-corrected chi connectivity index (χ1v) is 16.4. The second-order valence-corrected chi connectivity index (χ2v) is 11.1. The highest BCUT2D eigenvalue weighted by atomic mass is 16.5. The van der Waals surface area contributed by atoms with Crippen LogP contribution in [-0.4, -0.2) is 17.6 Å². The minimum Gasteiger partial charge on any atom is -0.489 e. The second-order valence-electron chi connectivity index (χ2n) is 11.1. The van der Waals surface area contributed by atoms with Gasteiger partial charge in [-0.15, -0.1) is 0 Å². The van der Waals surface area contributed by atoms with Gasteiger partial charge in [0, 0.05) is 12.6 Å². The summed E-state index contributed by atoms with van der Waals surface area (Å²) in [5.74, 6) is 8.89. The Bertz CT molecular complexity index is 1530. The van der Waals surface area contributed by atoms with Gasteiger partial charge in [0.15, 0.2) is 11.5 Å². The minimum atomic E-state index is 0.242. The Morgan fingerprint density at radius 3 is 1.54 bits per heavy atom. The van der Waals surface area contributed by atoms with Crippen LogP contribution in [-0.2, 0) is 32.7 Å². The summed E-state index contributed by atoms with van der Waals surface area (Å²) in [7, 11) is 0. The molecule has 0 spiro atoms. The molecule has 0 aliphatic heterocycles. The quantitative estimate of drug-likeness (QED) is 0.0885. The van der Waals surface area contributed by atoms with E-state index in [-0.39, 0.29) is 6.04 Å². The molecule has 0 bridgehead atoms. The van der Waals surface area contributed by atoms with E-state index in [9.17, 15) is 0 Å².